The van der Waals surface area contributed by atoms with Crippen molar-refractivity contribution < 1.29 is 4.92 Å². The Balaban J connectivity index is 2.21. The van der Waals surface area contributed by atoms with E-state index in [9.17, 15) is 10.1 Å². The molecule has 1 aromatic heterocycles. The minimum absolute atomic E-state index is 0.0229. The summed E-state index contributed by atoms with van der Waals surface area (Å²) < 4.78 is 0. The Kier molecular flexibility index (Phi) is 3.06. The minimum Gasteiger partial charge on any atom is -0.375 e. The fraction of sp³-hybridized carbons (Fsp3) is 0. The van der Waals surface area contributed by atoms with Crippen LogP contribution < -0.4 is 5.73 Å². The van der Waals surface area contributed by atoms with Gasteiger partial charge in [-0.15, -0.1) is 10.2 Å². The first-order valence-corrected chi connectivity index (χ1v) is 5.34. The van der Waals surface area contributed by atoms with E-state index in [-0.39, 0.29) is 5.69 Å². The molecule has 86 valence electrons. The minimum atomic E-state index is -0.482. The van der Waals surface area contributed by atoms with Crippen molar-refractivity contribution in [2.45, 2.75) is 0 Å². The van der Waals surface area contributed by atoms with Gasteiger partial charge in [0.1, 0.15) is 0 Å². The predicted octanol–water partition coefficient (Wildman–Crippen LogP) is 3.05. The molecule has 0 spiro atoms. The molecule has 2 rings (SSSR count). The van der Waals surface area contributed by atoms with E-state index in [2.05, 4.69) is 15.2 Å². The molecule has 0 amide bonds. The Morgan fingerprint density at radius 3 is 2.88 bits per heavy atom. The van der Waals surface area contributed by atoms with Crippen LogP contribution in [0.5, 0.6) is 0 Å². The number of nitro groups is 1. The number of rotatable bonds is 3. The second-order valence-electron chi connectivity index (χ2n) is 3.01. The van der Waals surface area contributed by atoms with Gasteiger partial charge in [-0.25, -0.2) is 4.98 Å². The fourth-order valence-corrected chi connectivity index (χ4v) is 1.61. The lowest BCUT2D eigenvalue weighted by Gasteiger charge is -1.92. The van der Waals surface area contributed by atoms with E-state index in [0.29, 0.717) is 15.8 Å². The van der Waals surface area contributed by atoms with Gasteiger partial charge in [0.2, 0.25) is 0 Å². The summed E-state index contributed by atoms with van der Waals surface area (Å²) in [6.07, 6.45) is 1.49. The second kappa shape index (κ2) is 4.66. The average Bonchev–Trinajstić information content (AvgIpc) is 2.73. The summed E-state index contributed by atoms with van der Waals surface area (Å²) in [7, 11) is 0. The number of nitrogens with two attached hydrogens (primary N) is 1. The zero-order valence-corrected chi connectivity index (χ0v) is 9.29. The lowest BCUT2D eigenvalue weighted by Crippen LogP contribution is -1.85. The molecule has 0 aliphatic rings. The van der Waals surface area contributed by atoms with Crippen molar-refractivity contribution in [3.63, 3.8) is 0 Å². The first-order chi connectivity index (χ1) is 8.15. The number of aromatic nitrogens is 1. The smallest absolute Gasteiger partial charge is 0.271 e. The van der Waals surface area contributed by atoms with E-state index >= 15 is 0 Å². The monoisotopic (exact) mass is 249 g/mol. The Morgan fingerprint density at radius 2 is 2.24 bits per heavy atom. The maximum atomic E-state index is 10.5. The number of azo groups is 1. The Labute approximate surface area is 99.8 Å². The lowest BCUT2D eigenvalue weighted by atomic mass is 10.3. The van der Waals surface area contributed by atoms with Crippen LogP contribution in [0.2, 0.25) is 0 Å². The molecule has 8 heteroatoms. The van der Waals surface area contributed by atoms with Crippen LogP contribution in [0.3, 0.4) is 0 Å². The quantitative estimate of drug-likeness (QED) is 0.512. The van der Waals surface area contributed by atoms with Crippen molar-refractivity contribution >= 4 is 32.8 Å². The highest BCUT2D eigenvalue weighted by Gasteiger charge is 2.04. The maximum Gasteiger partial charge on any atom is 0.271 e. The van der Waals surface area contributed by atoms with E-state index in [1.165, 1.54) is 29.7 Å². The van der Waals surface area contributed by atoms with Gasteiger partial charge in [-0.1, -0.05) is 17.4 Å². The molecule has 17 heavy (non-hydrogen) atoms. The zero-order valence-electron chi connectivity index (χ0n) is 8.48. The number of benzene rings is 1. The van der Waals surface area contributed by atoms with Gasteiger partial charge in [0.05, 0.1) is 16.8 Å². The van der Waals surface area contributed by atoms with E-state index in [1.54, 1.807) is 12.1 Å². The summed E-state index contributed by atoms with van der Waals surface area (Å²) in [5.74, 6) is 0. The van der Waals surface area contributed by atoms with Crippen LogP contribution in [0.1, 0.15) is 0 Å². The molecule has 0 saturated carbocycles. The molecule has 2 aromatic rings. The third-order valence-corrected chi connectivity index (χ3v) is 2.53. The van der Waals surface area contributed by atoms with Crippen LogP contribution in [-0.2, 0) is 0 Å². The highest BCUT2D eigenvalue weighted by atomic mass is 32.1. The molecule has 0 saturated heterocycles. The van der Waals surface area contributed by atoms with E-state index in [0.717, 1.165) is 0 Å². The van der Waals surface area contributed by atoms with Crippen LogP contribution in [-0.4, -0.2) is 9.91 Å². The highest BCUT2D eigenvalue weighted by Crippen LogP contribution is 2.26. The topological polar surface area (TPSA) is 107 Å². The van der Waals surface area contributed by atoms with Crippen molar-refractivity contribution in [2.24, 2.45) is 10.2 Å². The van der Waals surface area contributed by atoms with Gasteiger partial charge in [0, 0.05) is 12.1 Å². The van der Waals surface area contributed by atoms with E-state index in [4.69, 9.17) is 5.73 Å². The Hall–Kier alpha value is -2.35. The summed E-state index contributed by atoms with van der Waals surface area (Å²) in [5, 5.41) is 19.2. The lowest BCUT2D eigenvalue weighted by molar-refractivity contribution is -0.384. The van der Waals surface area contributed by atoms with Crippen LogP contribution in [0.4, 0.5) is 21.5 Å². The largest absolute Gasteiger partial charge is 0.375 e. The molecule has 1 aromatic carbocycles. The highest BCUT2D eigenvalue weighted by molar-refractivity contribution is 7.18. The molecule has 2 N–H and O–H groups in total. The zero-order chi connectivity index (χ0) is 12.3. The third kappa shape index (κ3) is 2.82. The summed E-state index contributed by atoms with van der Waals surface area (Å²) in [5.41, 5.74) is 5.81. The number of anilines is 1. The molecular formula is C9H7N5O2S. The summed E-state index contributed by atoms with van der Waals surface area (Å²) in [6, 6.07) is 5.91. The van der Waals surface area contributed by atoms with Gasteiger partial charge in [-0.05, 0) is 6.07 Å². The van der Waals surface area contributed by atoms with Crippen LogP contribution in [0.25, 0.3) is 0 Å². The predicted molar refractivity (Wildman–Crippen MR) is 63.8 cm³/mol. The molecule has 0 radical (unpaired) electrons. The number of nitrogen functional groups attached to an aromatic ring is 1. The summed E-state index contributed by atoms with van der Waals surface area (Å²) >= 11 is 1.19. The molecule has 0 aliphatic carbocycles. The molecule has 0 aliphatic heterocycles. The van der Waals surface area contributed by atoms with Crippen molar-refractivity contribution in [3.05, 3.63) is 40.6 Å². The van der Waals surface area contributed by atoms with Crippen LogP contribution in [0.15, 0.2) is 40.7 Å². The van der Waals surface area contributed by atoms with E-state index in [1.807, 2.05) is 0 Å². The second-order valence-corrected chi connectivity index (χ2v) is 4.05. The molecule has 0 fully saturated rings. The van der Waals surface area contributed by atoms with Crippen molar-refractivity contribution in [1.82, 2.24) is 4.98 Å². The molecule has 0 bridgehead atoms. The summed E-state index contributed by atoms with van der Waals surface area (Å²) in [4.78, 5) is 13.9. The number of thiazole rings is 1. The fourth-order valence-electron chi connectivity index (χ4n) is 1.10. The van der Waals surface area contributed by atoms with Gasteiger partial charge >= 0.3 is 0 Å². The SMILES string of the molecule is Nc1ncc(N=Nc2cccc([N+](=O)[O-])c2)s1. The van der Waals surface area contributed by atoms with Gasteiger partial charge < -0.3 is 5.73 Å². The molecule has 1 heterocycles. The van der Waals surface area contributed by atoms with Crippen molar-refractivity contribution in [1.29, 1.82) is 0 Å². The number of hydrogen-bond donors (Lipinski definition) is 1. The Morgan fingerprint density at radius 1 is 1.41 bits per heavy atom. The van der Waals surface area contributed by atoms with Crippen LogP contribution in [0, 0.1) is 10.1 Å². The first-order valence-electron chi connectivity index (χ1n) is 4.52. The Bertz CT molecular complexity index is 580. The van der Waals surface area contributed by atoms with Crippen molar-refractivity contribution in [2.75, 3.05) is 5.73 Å². The maximum absolute atomic E-state index is 10.5. The molecular weight excluding hydrogens is 242 g/mol. The normalized spacial score (nSPS) is 10.8. The number of nitro benzene ring substituents is 1. The van der Waals surface area contributed by atoms with Gasteiger partial charge in [0.15, 0.2) is 10.1 Å². The third-order valence-electron chi connectivity index (χ3n) is 1.82. The van der Waals surface area contributed by atoms with E-state index < -0.39 is 4.92 Å². The average molecular weight is 249 g/mol. The first kappa shape index (κ1) is 11.1. The molecule has 7 nitrogen and oxygen atoms in total. The standard InChI is InChI=1S/C9H7N5O2S/c10-9-11-5-8(17-9)13-12-6-2-1-3-7(4-6)14(15)16/h1-5H,(H2,10,11). The number of non-ortho nitro benzene ring substituents is 1. The number of nitrogens with zero attached hydrogens (tertiary/aromatic N) is 4. The number of hydrogen-bond acceptors (Lipinski definition) is 7. The summed E-state index contributed by atoms with van der Waals surface area (Å²) in [6.45, 7) is 0. The van der Waals surface area contributed by atoms with Gasteiger partial charge in [0.25, 0.3) is 5.69 Å². The molecule has 0 unspecified atom stereocenters. The van der Waals surface area contributed by atoms with Crippen molar-refractivity contribution in [3.8, 4) is 0 Å². The molecule has 0 atom stereocenters. The van der Waals surface area contributed by atoms with Gasteiger partial charge in [-0.2, -0.15) is 0 Å². The van der Waals surface area contributed by atoms with Gasteiger partial charge in [-0.3, -0.25) is 10.1 Å². The van der Waals surface area contributed by atoms with Crippen LogP contribution >= 0.6 is 11.3 Å².